The van der Waals surface area contributed by atoms with Gasteiger partial charge < -0.3 is 10.1 Å². The summed E-state index contributed by atoms with van der Waals surface area (Å²) in [5, 5.41) is 7.74. The molecule has 0 radical (unpaired) electrons. The molecule has 0 bridgehead atoms. The van der Waals surface area contributed by atoms with Crippen molar-refractivity contribution >= 4 is 12.4 Å². The van der Waals surface area contributed by atoms with Crippen LogP contribution in [0.3, 0.4) is 0 Å². The van der Waals surface area contributed by atoms with Gasteiger partial charge in [0.25, 0.3) is 0 Å². The second-order valence-electron chi connectivity index (χ2n) is 6.19. The summed E-state index contributed by atoms with van der Waals surface area (Å²) in [5.41, 5.74) is 0.438. The zero-order valence-corrected chi connectivity index (χ0v) is 12.9. The zero-order valence-electron chi connectivity index (χ0n) is 12.1. The van der Waals surface area contributed by atoms with Gasteiger partial charge in [0.2, 0.25) is 0 Å². The molecular formula is C14H25ClN4O. The molecule has 114 valence electrons. The smallest absolute Gasteiger partial charge is 0.0898 e. The quantitative estimate of drug-likeness (QED) is 0.901. The van der Waals surface area contributed by atoms with Crippen molar-refractivity contribution in [3.8, 4) is 0 Å². The summed E-state index contributed by atoms with van der Waals surface area (Å²) in [6.07, 6.45) is 5.39. The van der Waals surface area contributed by atoms with Gasteiger partial charge in [-0.25, -0.2) is 0 Å². The van der Waals surface area contributed by atoms with Crippen LogP contribution in [-0.2, 0) is 11.3 Å². The Morgan fingerprint density at radius 3 is 3.10 bits per heavy atom. The number of rotatable bonds is 4. The van der Waals surface area contributed by atoms with E-state index in [1.54, 1.807) is 0 Å². The number of nitrogens with zero attached hydrogens (tertiary/aromatic N) is 3. The fraction of sp³-hybridized carbons (Fsp3) is 0.786. The Labute approximate surface area is 127 Å². The predicted molar refractivity (Wildman–Crippen MR) is 81.2 cm³/mol. The highest BCUT2D eigenvalue weighted by atomic mass is 35.5. The van der Waals surface area contributed by atoms with Gasteiger partial charge in [-0.3, -0.25) is 9.58 Å². The summed E-state index contributed by atoms with van der Waals surface area (Å²) < 4.78 is 7.83. The molecule has 0 saturated carbocycles. The van der Waals surface area contributed by atoms with Crippen molar-refractivity contribution in [2.45, 2.75) is 26.0 Å². The maximum Gasteiger partial charge on any atom is 0.0898 e. The lowest BCUT2D eigenvalue weighted by molar-refractivity contribution is -0.0466. The third-order valence-electron chi connectivity index (χ3n) is 4.24. The number of aromatic nitrogens is 2. The Morgan fingerprint density at radius 1 is 1.50 bits per heavy atom. The maximum absolute atomic E-state index is 5.86. The first kappa shape index (κ1) is 15.8. The molecule has 0 aromatic carbocycles. The van der Waals surface area contributed by atoms with Crippen LogP contribution in [0.25, 0.3) is 0 Å². The lowest BCUT2D eigenvalue weighted by Gasteiger charge is -2.37. The highest BCUT2D eigenvalue weighted by Crippen LogP contribution is 2.26. The van der Waals surface area contributed by atoms with Crippen molar-refractivity contribution in [2.75, 3.05) is 39.3 Å². The second-order valence-corrected chi connectivity index (χ2v) is 6.19. The Bertz CT molecular complexity index is 392. The standard InChI is InChI=1S/C14H24N4O.ClH/c1-14(3-5-15-11-14)12-17-7-8-19-13(9-17)10-18-6-2-4-16-18;/h2,4,6,13,15H,3,5,7-12H2,1H3;1H. The molecule has 2 fully saturated rings. The number of hydrogen-bond acceptors (Lipinski definition) is 4. The normalized spacial score (nSPS) is 31.1. The van der Waals surface area contributed by atoms with E-state index in [1.807, 2.05) is 23.1 Å². The number of ether oxygens (including phenoxy) is 1. The Balaban J connectivity index is 0.00000147. The van der Waals surface area contributed by atoms with Crippen LogP contribution in [0.5, 0.6) is 0 Å². The first-order chi connectivity index (χ1) is 9.23. The summed E-state index contributed by atoms with van der Waals surface area (Å²) >= 11 is 0. The molecule has 0 amide bonds. The summed E-state index contributed by atoms with van der Waals surface area (Å²) in [4.78, 5) is 2.56. The average Bonchev–Trinajstić information content (AvgIpc) is 3.02. The van der Waals surface area contributed by atoms with Gasteiger partial charge >= 0.3 is 0 Å². The van der Waals surface area contributed by atoms with Crippen LogP contribution in [0.1, 0.15) is 13.3 Å². The van der Waals surface area contributed by atoms with Gasteiger partial charge in [-0.15, -0.1) is 12.4 Å². The molecule has 2 aliphatic heterocycles. The molecule has 2 aliphatic rings. The van der Waals surface area contributed by atoms with E-state index >= 15 is 0 Å². The van der Waals surface area contributed by atoms with E-state index in [-0.39, 0.29) is 18.5 Å². The highest BCUT2D eigenvalue weighted by molar-refractivity contribution is 5.85. The minimum Gasteiger partial charge on any atom is -0.374 e. The fourth-order valence-corrected chi connectivity index (χ4v) is 3.20. The monoisotopic (exact) mass is 300 g/mol. The maximum atomic E-state index is 5.86. The first-order valence-electron chi connectivity index (χ1n) is 7.26. The number of hydrogen-bond donors (Lipinski definition) is 1. The molecule has 20 heavy (non-hydrogen) atoms. The largest absolute Gasteiger partial charge is 0.374 e. The number of morpholine rings is 1. The van der Waals surface area contributed by atoms with Crippen molar-refractivity contribution in [3.05, 3.63) is 18.5 Å². The lowest BCUT2D eigenvalue weighted by atomic mass is 9.89. The zero-order chi connectivity index (χ0) is 13.1. The van der Waals surface area contributed by atoms with Crippen molar-refractivity contribution in [1.82, 2.24) is 20.0 Å². The lowest BCUT2D eigenvalue weighted by Crippen LogP contribution is -2.48. The molecule has 3 rings (SSSR count). The topological polar surface area (TPSA) is 42.3 Å². The minimum absolute atomic E-state index is 0. The molecule has 0 spiro atoms. The number of nitrogens with one attached hydrogen (secondary N) is 1. The van der Waals surface area contributed by atoms with Crippen molar-refractivity contribution < 1.29 is 4.74 Å². The summed E-state index contributed by atoms with van der Waals surface area (Å²) in [6.45, 7) is 9.67. The molecule has 1 N–H and O–H groups in total. The van der Waals surface area contributed by atoms with E-state index in [0.29, 0.717) is 5.41 Å². The third-order valence-corrected chi connectivity index (χ3v) is 4.24. The SMILES string of the molecule is CC1(CN2CCOC(Cn3cccn3)C2)CCNC1.Cl. The van der Waals surface area contributed by atoms with E-state index in [2.05, 4.69) is 22.2 Å². The summed E-state index contributed by atoms with van der Waals surface area (Å²) in [6, 6.07) is 1.96. The van der Waals surface area contributed by atoms with Crippen LogP contribution >= 0.6 is 12.4 Å². The van der Waals surface area contributed by atoms with Crippen LogP contribution in [0.2, 0.25) is 0 Å². The third kappa shape index (κ3) is 3.95. The van der Waals surface area contributed by atoms with E-state index < -0.39 is 0 Å². The van der Waals surface area contributed by atoms with E-state index in [9.17, 15) is 0 Å². The first-order valence-corrected chi connectivity index (χ1v) is 7.26. The Kier molecular flexibility index (Phi) is 5.43. The molecule has 0 aliphatic carbocycles. The fourth-order valence-electron chi connectivity index (χ4n) is 3.20. The highest BCUT2D eigenvalue weighted by Gasteiger charge is 2.32. The van der Waals surface area contributed by atoms with Gasteiger partial charge in [-0.1, -0.05) is 6.92 Å². The van der Waals surface area contributed by atoms with Crippen molar-refractivity contribution in [2.24, 2.45) is 5.41 Å². The average molecular weight is 301 g/mol. The molecule has 2 unspecified atom stereocenters. The molecule has 2 saturated heterocycles. The molecule has 1 aromatic rings. The molecule has 2 atom stereocenters. The van der Waals surface area contributed by atoms with Crippen molar-refractivity contribution in [3.63, 3.8) is 0 Å². The Morgan fingerprint density at radius 2 is 2.40 bits per heavy atom. The van der Waals surface area contributed by atoms with Gasteiger partial charge in [0.15, 0.2) is 0 Å². The van der Waals surface area contributed by atoms with Gasteiger partial charge in [-0.2, -0.15) is 5.10 Å². The Hall–Kier alpha value is -0.620. The van der Waals surface area contributed by atoms with Gasteiger partial charge in [0, 0.05) is 38.6 Å². The molecular weight excluding hydrogens is 276 g/mol. The molecule has 6 heteroatoms. The van der Waals surface area contributed by atoms with Crippen LogP contribution in [0.15, 0.2) is 18.5 Å². The number of halogens is 1. The van der Waals surface area contributed by atoms with Crippen LogP contribution in [-0.4, -0.2) is 60.1 Å². The van der Waals surface area contributed by atoms with E-state index in [0.717, 1.165) is 39.3 Å². The van der Waals surface area contributed by atoms with Crippen molar-refractivity contribution in [1.29, 1.82) is 0 Å². The molecule has 1 aromatic heterocycles. The van der Waals surface area contributed by atoms with Crippen LogP contribution < -0.4 is 5.32 Å². The van der Waals surface area contributed by atoms with Gasteiger partial charge in [0.1, 0.15) is 0 Å². The van der Waals surface area contributed by atoms with Crippen LogP contribution in [0.4, 0.5) is 0 Å². The predicted octanol–water partition coefficient (Wildman–Crippen LogP) is 1.01. The van der Waals surface area contributed by atoms with Crippen LogP contribution in [0, 0.1) is 5.41 Å². The van der Waals surface area contributed by atoms with E-state index in [1.165, 1.54) is 13.0 Å². The second kappa shape index (κ2) is 6.89. The summed E-state index contributed by atoms with van der Waals surface area (Å²) in [5.74, 6) is 0. The summed E-state index contributed by atoms with van der Waals surface area (Å²) in [7, 11) is 0. The van der Waals surface area contributed by atoms with Gasteiger partial charge in [-0.05, 0) is 24.4 Å². The molecule has 5 nitrogen and oxygen atoms in total. The minimum atomic E-state index is 0. The van der Waals surface area contributed by atoms with Gasteiger partial charge in [0.05, 0.1) is 19.3 Å². The molecule has 3 heterocycles. The van der Waals surface area contributed by atoms with E-state index in [4.69, 9.17) is 4.74 Å².